The van der Waals surface area contributed by atoms with Gasteiger partial charge in [-0.1, -0.05) is 12.1 Å². The van der Waals surface area contributed by atoms with Crippen molar-refractivity contribution in [2.24, 2.45) is 0 Å². The van der Waals surface area contributed by atoms with Gasteiger partial charge in [-0.15, -0.1) is 0 Å². The van der Waals surface area contributed by atoms with Gasteiger partial charge in [0.25, 0.3) is 0 Å². The Balaban J connectivity index is 2.45. The quantitative estimate of drug-likeness (QED) is 0.548. The molecule has 0 bridgehead atoms. The molecule has 106 valence electrons. The molecule has 0 spiro atoms. The van der Waals surface area contributed by atoms with Crippen LogP contribution in [-0.4, -0.2) is 49.6 Å². The molecule has 0 atom stereocenters. The van der Waals surface area contributed by atoms with Crippen LogP contribution in [0.25, 0.3) is 0 Å². The molecule has 1 aromatic carbocycles. The number of ether oxygens (including phenoxy) is 1. The number of likely N-dealkylation sites (N-methyl/N-ethyl adjacent to an activating group) is 1. The molecule has 0 aliphatic heterocycles. The zero-order valence-electron chi connectivity index (χ0n) is 11.8. The first-order valence-corrected chi connectivity index (χ1v) is 6.64. The molecule has 0 aliphatic rings. The van der Waals surface area contributed by atoms with Crippen molar-refractivity contribution in [3.8, 4) is 5.75 Å². The molecule has 0 unspecified atom stereocenters. The number of nitrogens with zero attached hydrogens (tertiary/aromatic N) is 1. The van der Waals surface area contributed by atoms with Gasteiger partial charge in [0.05, 0.1) is 19.2 Å². The van der Waals surface area contributed by atoms with E-state index in [1.165, 1.54) is 0 Å². The number of ketones is 1. The number of rotatable bonds is 9. The summed E-state index contributed by atoms with van der Waals surface area (Å²) in [7, 11) is 3.51. The second-order valence-electron chi connectivity index (χ2n) is 4.65. The number of para-hydroxylation sites is 1. The Labute approximate surface area is 115 Å². The summed E-state index contributed by atoms with van der Waals surface area (Å²) < 4.78 is 5.19. The average molecular weight is 265 g/mol. The lowest BCUT2D eigenvalue weighted by Crippen LogP contribution is -2.27. The molecule has 0 aliphatic carbocycles. The van der Waals surface area contributed by atoms with E-state index in [9.17, 15) is 4.79 Å². The first-order valence-electron chi connectivity index (χ1n) is 6.64. The normalized spacial score (nSPS) is 10.7. The summed E-state index contributed by atoms with van der Waals surface area (Å²) in [6, 6.07) is 7.29. The Kier molecular flexibility index (Phi) is 7.15. The molecule has 4 heteroatoms. The molecule has 0 aromatic heterocycles. The number of Topliss-reactive ketones (excluding diaryl/α,β-unsaturated/α-hetero) is 1. The number of unbranched alkanes of at least 4 members (excludes halogenated alkanes) is 2. The van der Waals surface area contributed by atoms with Gasteiger partial charge in [0, 0.05) is 6.61 Å². The Morgan fingerprint density at radius 2 is 2.00 bits per heavy atom. The molecule has 0 amide bonds. The second kappa shape index (κ2) is 8.67. The van der Waals surface area contributed by atoms with E-state index in [2.05, 4.69) is 0 Å². The lowest BCUT2D eigenvalue weighted by Gasteiger charge is -2.16. The van der Waals surface area contributed by atoms with Gasteiger partial charge in [0.15, 0.2) is 5.78 Å². The third-order valence-electron chi connectivity index (χ3n) is 3.02. The van der Waals surface area contributed by atoms with Crippen molar-refractivity contribution in [2.45, 2.75) is 19.3 Å². The molecule has 0 fully saturated rings. The highest BCUT2D eigenvalue weighted by Gasteiger charge is 2.13. The third-order valence-corrected chi connectivity index (χ3v) is 3.02. The highest BCUT2D eigenvalue weighted by atomic mass is 16.5. The monoisotopic (exact) mass is 265 g/mol. The Morgan fingerprint density at radius 3 is 2.68 bits per heavy atom. The minimum absolute atomic E-state index is 0.0714. The largest absolute Gasteiger partial charge is 0.496 e. The van der Waals surface area contributed by atoms with Crippen LogP contribution in [0.1, 0.15) is 29.6 Å². The van der Waals surface area contributed by atoms with Crippen molar-refractivity contribution in [3.63, 3.8) is 0 Å². The number of carbonyl (C=O) groups excluding carboxylic acids is 1. The number of carbonyl (C=O) groups is 1. The molecule has 1 N–H and O–H groups in total. The molecule has 19 heavy (non-hydrogen) atoms. The van der Waals surface area contributed by atoms with E-state index in [1.54, 1.807) is 19.2 Å². The maximum atomic E-state index is 12.2. The highest BCUT2D eigenvalue weighted by molar-refractivity contribution is 6.00. The molecule has 1 rings (SSSR count). The number of aliphatic hydroxyl groups excluding tert-OH is 1. The predicted octanol–water partition coefficient (Wildman–Crippen LogP) is 1.97. The Hall–Kier alpha value is -1.39. The van der Waals surface area contributed by atoms with Crippen LogP contribution in [0.15, 0.2) is 24.3 Å². The fourth-order valence-corrected chi connectivity index (χ4v) is 1.95. The standard InChI is InChI=1S/C15H23NO3/c1-16(10-6-3-7-11-17)12-14(18)13-8-4-5-9-15(13)19-2/h4-5,8-9,17H,3,6-7,10-12H2,1-2H3. The van der Waals surface area contributed by atoms with Gasteiger partial charge >= 0.3 is 0 Å². The molecule has 0 heterocycles. The number of hydrogen-bond acceptors (Lipinski definition) is 4. The molecule has 4 nitrogen and oxygen atoms in total. The number of hydrogen-bond donors (Lipinski definition) is 1. The van der Waals surface area contributed by atoms with E-state index in [-0.39, 0.29) is 12.4 Å². The van der Waals surface area contributed by atoms with E-state index in [0.717, 1.165) is 25.8 Å². The van der Waals surface area contributed by atoms with Crippen LogP contribution in [0.2, 0.25) is 0 Å². The molecular formula is C15H23NO3. The highest BCUT2D eigenvalue weighted by Crippen LogP contribution is 2.18. The summed E-state index contributed by atoms with van der Waals surface area (Å²) in [5, 5.41) is 8.70. The van der Waals surface area contributed by atoms with Crippen molar-refractivity contribution >= 4 is 5.78 Å². The van der Waals surface area contributed by atoms with Crippen LogP contribution in [0.3, 0.4) is 0 Å². The summed E-state index contributed by atoms with van der Waals surface area (Å²) in [4.78, 5) is 14.2. The summed E-state index contributed by atoms with van der Waals surface area (Å²) in [6.07, 6.45) is 2.81. The van der Waals surface area contributed by atoms with Crippen molar-refractivity contribution in [2.75, 3.05) is 33.9 Å². The van der Waals surface area contributed by atoms with Crippen molar-refractivity contribution in [3.05, 3.63) is 29.8 Å². The summed E-state index contributed by atoms with van der Waals surface area (Å²) in [5.74, 6) is 0.697. The Morgan fingerprint density at radius 1 is 1.26 bits per heavy atom. The van der Waals surface area contributed by atoms with Gasteiger partial charge in [-0.25, -0.2) is 0 Å². The predicted molar refractivity (Wildman–Crippen MR) is 75.8 cm³/mol. The van der Waals surface area contributed by atoms with Gasteiger partial charge in [0.2, 0.25) is 0 Å². The maximum Gasteiger partial charge on any atom is 0.180 e. The van der Waals surface area contributed by atoms with Gasteiger partial charge in [-0.05, 0) is 45.0 Å². The van der Waals surface area contributed by atoms with Crippen LogP contribution in [0.5, 0.6) is 5.75 Å². The minimum Gasteiger partial charge on any atom is -0.496 e. The van der Waals surface area contributed by atoms with Gasteiger partial charge in [-0.2, -0.15) is 0 Å². The molecule has 1 aromatic rings. The SMILES string of the molecule is COc1ccccc1C(=O)CN(C)CCCCCO. The smallest absolute Gasteiger partial charge is 0.180 e. The lowest BCUT2D eigenvalue weighted by molar-refractivity contribution is 0.0942. The third kappa shape index (κ3) is 5.41. The van der Waals surface area contributed by atoms with Gasteiger partial charge in [0.1, 0.15) is 5.75 Å². The fraction of sp³-hybridized carbons (Fsp3) is 0.533. The van der Waals surface area contributed by atoms with Crippen LogP contribution >= 0.6 is 0 Å². The molecular weight excluding hydrogens is 242 g/mol. The zero-order valence-corrected chi connectivity index (χ0v) is 11.8. The molecule has 0 saturated heterocycles. The summed E-state index contributed by atoms with van der Waals surface area (Å²) in [5.41, 5.74) is 0.632. The number of benzene rings is 1. The average Bonchev–Trinajstić information content (AvgIpc) is 2.43. The van der Waals surface area contributed by atoms with E-state index in [0.29, 0.717) is 17.9 Å². The number of aliphatic hydroxyl groups is 1. The first kappa shape index (κ1) is 15.7. The first-order chi connectivity index (χ1) is 9.19. The summed E-state index contributed by atoms with van der Waals surface area (Å²) in [6.45, 7) is 1.49. The van der Waals surface area contributed by atoms with Crippen LogP contribution < -0.4 is 4.74 Å². The minimum atomic E-state index is 0.0714. The van der Waals surface area contributed by atoms with Crippen molar-refractivity contribution in [1.82, 2.24) is 4.90 Å². The molecule has 0 radical (unpaired) electrons. The van der Waals surface area contributed by atoms with Crippen molar-refractivity contribution < 1.29 is 14.6 Å². The van der Waals surface area contributed by atoms with E-state index in [4.69, 9.17) is 9.84 Å². The topological polar surface area (TPSA) is 49.8 Å². The number of methoxy groups -OCH3 is 1. The maximum absolute atomic E-state index is 12.2. The van der Waals surface area contributed by atoms with Gasteiger partial charge < -0.3 is 9.84 Å². The van der Waals surface area contributed by atoms with E-state index in [1.807, 2.05) is 24.1 Å². The lowest BCUT2D eigenvalue weighted by atomic mass is 10.1. The molecule has 0 saturated carbocycles. The second-order valence-corrected chi connectivity index (χ2v) is 4.65. The van der Waals surface area contributed by atoms with Gasteiger partial charge in [-0.3, -0.25) is 9.69 Å². The van der Waals surface area contributed by atoms with Crippen LogP contribution in [0.4, 0.5) is 0 Å². The van der Waals surface area contributed by atoms with Crippen LogP contribution in [-0.2, 0) is 0 Å². The fourth-order valence-electron chi connectivity index (χ4n) is 1.95. The summed E-state index contributed by atoms with van der Waals surface area (Å²) >= 11 is 0. The van der Waals surface area contributed by atoms with E-state index >= 15 is 0 Å². The van der Waals surface area contributed by atoms with Crippen molar-refractivity contribution in [1.29, 1.82) is 0 Å². The zero-order chi connectivity index (χ0) is 14.1. The van der Waals surface area contributed by atoms with E-state index < -0.39 is 0 Å². The van der Waals surface area contributed by atoms with Crippen LogP contribution in [0, 0.1) is 0 Å². The Bertz CT molecular complexity index is 393.